The lowest BCUT2D eigenvalue weighted by molar-refractivity contribution is -0.135. The maximum absolute atomic E-state index is 12.2. The maximum Gasteiger partial charge on any atom is 0.236 e. The smallest absolute Gasteiger partial charge is 0.236 e. The van der Waals surface area contributed by atoms with Gasteiger partial charge in [0, 0.05) is 32.0 Å². The van der Waals surface area contributed by atoms with E-state index in [4.69, 9.17) is 0 Å². The monoisotopic (exact) mass is 266 g/mol. The Bertz CT molecular complexity index is 325. The maximum atomic E-state index is 12.2. The number of ketones is 1. The summed E-state index contributed by atoms with van der Waals surface area (Å²) >= 11 is 0. The quantitative estimate of drug-likeness (QED) is 0.780. The fourth-order valence-corrected chi connectivity index (χ4v) is 3.13. The van der Waals surface area contributed by atoms with Crippen molar-refractivity contribution in [2.24, 2.45) is 5.92 Å². The first-order valence-electron chi connectivity index (χ1n) is 7.56. The molecular formula is C15H26N2O2. The van der Waals surface area contributed by atoms with Gasteiger partial charge in [0.1, 0.15) is 5.78 Å². The van der Waals surface area contributed by atoms with Gasteiger partial charge in [0.2, 0.25) is 5.91 Å². The third-order valence-electron chi connectivity index (χ3n) is 4.67. The Kier molecular flexibility index (Phi) is 4.97. The van der Waals surface area contributed by atoms with Crippen LogP contribution >= 0.6 is 0 Å². The molecule has 108 valence electrons. The minimum absolute atomic E-state index is 0.189. The van der Waals surface area contributed by atoms with Gasteiger partial charge in [-0.15, -0.1) is 0 Å². The van der Waals surface area contributed by atoms with Crippen molar-refractivity contribution >= 4 is 11.7 Å². The van der Waals surface area contributed by atoms with Crippen LogP contribution in [0.4, 0.5) is 0 Å². The summed E-state index contributed by atoms with van der Waals surface area (Å²) < 4.78 is 0. The number of piperidine rings is 1. The zero-order valence-electron chi connectivity index (χ0n) is 12.2. The molecule has 2 aliphatic rings. The van der Waals surface area contributed by atoms with Gasteiger partial charge < -0.3 is 4.90 Å². The topological polar surface area (TPSA) is 40.6 Å². The molecule has 1 saturated carbocycles. The Morgan fingerprint density at radius 3 is 2.37 bits per heavy atom. The second-order valence-electron chi connectivity index (χ2n) is 6.25. The highest BCUT2D eigenvalue weighted by Crippen LogP contribution is 2.26. The molecule has 1 heterocycles. The highest BCUT2D eigenvalue weighted by Gasteiger charge is 2.26. The first kappa shape index (κ1) is 14.5. The van der Waals surface area contributed by atoms with Gasteiger partial charge in [-0.2, -0.15) is 0 Å². The molecule has 2 rings (SSSR count). The van der Waals surface area contributed by atoms with Crippen molar-refractivity contribution in [2.75, 3.05) is 26.7 Å². The van der Waals surface area contributed by atoms with Crippen LogP contribution in [0.5, 0.6) is 0 Å². The molecule has 1 saturated heterocycles. The third kappa shape index (κ3) is 4.03. The minimum atomic E-state index is 0.189. The van der Waals surface area contributed by atoms with Crippen LogP contribution in [0, 0.1) is 5.92 Å². The van der Waals surface area contributed by atoms with E-state index in [1.807, 2.05) is 4.90 Å². The van der Waals surface area contributed by atoms with E-state index in [9.17, 15) is 9.59 Å². The highest BCUT2D eigenvalue weighted by molar-refractivity contribution is 5.84. The van der Waals surface area contributed by atoms with Crippen molar-refractivity contribution in [2.45, 2.75) is 51.5 Å². The standard InChI is InChI=1S/C15H26N2O2/c1-12-3-5-13(6-4-12)16(2)11-15(19)17-9-7-14(18)8-10-17/h12-13H,3-11H2,1-2H3. The summed E-state index contributed by atoms with van der Waals surface area (Å²) in [5.41, 5.74) is 0. The molecule has 1 aliphatic carbocycles. The van der Waals surface area contributed by atoms with Crippen LogP contribution in [0.25, 0.3) is 0 Å². The van der Waals surface area contributed by atoms with Gasteiger partial charge >= 0.3 is 0 Å². The van der Waals surface area contributed by atoms with Crippen LogP contribution in [-0.4, -0.2) is 54.2 Å². The first-order valence-corrected chi connectivity index (χ1v) is 7.56. The summed E-state index contributed by atoms with van der Waals surface area (Å²) in [5, 5.41) is 0. The lowest BCUT2D eigenvalue weighted by Crippen LogP contribution is -2.46. The van der Waals surface area contributed by atoms with Crippen LogP contribution in [0.1, 0.15) is 45.4 Å². The van der Waals surface area contributed by atoms with Crippen LogP contribution in [0.2, 0.25) is 0 Å². The molecular weight excluding hydrogens is 240 g/mol. The van der Waals surface area contributed by atoms with Gasteiger partial charge in [-0.3, -0.25) is 14.5 Å². The number of Topliss-reactive ketones (excluding diaryl/α,β-unsaturated/α-hetero) is 1. The number of hydrogen-bond acceptors (Lipinski definition) is 3. The van der Waals surface area contributed by atoms with Crippen LogP contribution in [0.3, 0.4) is 0 Å². The highest BCUT2D eigenvalue weighted by atomic mass is 16.2. The summed E-state index contributed by atoms with van der Waals surface area (Å²) in [5.74, 6) is 1.32. The van der Waals surface area contributed by atoms with Crippen molar-refractivity contribution in [3.05, 3.63) is 0 Å². The lowest BCUT2D eigenvalue weighted by atomic mass is 9.87. The average molecular weight is 266 g/mol. The molecule has 0 aromatic rings. The van der Waals surface area contributed by atoms with E-state index < -0.39 is 0 Å². The Labute approximate surface area is 116 Å². The molecule has 19 heavy (non-hydrogen) atoms. The largest absolute Gasteiger partial charge is 0.341 e. The van der Waals surface area contributed by atoms with Crippen LogP contribution in [0.15, 0.2) is 0 Å². The summed E-state index contributed by atoms with van der Waals surface area (Å²) in [6.45, 7) is 4.06. The van der Waals surface area contributed by atoms with Gasteiger partial charge in [-0.05, 0) is 38.6 Å². The van der Waals surface area contributed by atoms with E-state index in [0.29, 0.717) is 44.3 Å². The van der Waals surface area contributed by atoms with E-state index in [-0.39, 0.29) is 5.91 Å². The molecule has 4 heteroatoms. The van der Waals surface area contributed by atoms with Crippen molar-refractivity contribution in [3.63, 3.8) is 0 Å². The van der Waals surface area contributed by atoms with Crippen molar-refractivity contribution < 1.29 is 9.59 Å². The fourth-order valence-electron chi connectivity index (χ4n) is 3.13. The zero-order valence-corrected chi connectivity index (χ0v) is 12.2. The molecule has 0 spiro atoms. The summed E-state index contributed by atoms with van der Waals surface area (Å²) in [6, 6.07) is 0.562. The second kappa shape index (κ2) is 6.51. The summed E-state index contributed by atoms with van der Waals surface area (Å²) in [4.78, 5) is 27.4. The molecule has 2 fully saturated rings. The van der Waals surface area contributed by atoms with Gasteiger partial charge in [0.15, 0.2) is 0 Å². The minimum Gasteiger partial charge on any atom is -0.341 e. The number of likely N-dealkylation sites (tertiary alicyclic amines) is 1. The second-order valence-corrected chi connectivity index (χ2v) is 6.25. The van der Waals surface area contributed by atoms with Crippen LogP contribution in [-0.2, 0) is 9.59 Å². The van der Waals surface area contributed by atoms with Crippen molar-refractivity contribution in [1.29, 1.82) is 0 Å². The van der Waals surface area contributed by atoms with Crippen molar-refractivity contribution in [3.8, 4) is 0 Å². The number of nitrogens with zero attached hydrogens (tertiary/aromatic N) is 2. The fraction of sp³-hybridized carbons (Fsp3) is 0.867. The SMILES string of the molecule is CC1CCC(N(C)CC(=O)N2CCC(=O)CC2)CC1. The summed E-state index contributed by atoms with van der Waals surface area (Å²) in [7, 11) is 2.06. The molecule has 0 aromatic heterocycles. The zero-order chi connectivity index (χ0) is 13.8. The Hall–Kier alpha value is -0.900. The predicted molar refractivity (Wildman–Crippen MR) is 74.9 cm³/mol. The summed E-state index contributed by atoms with van der Waals surface area (Å²) in [6.07, 6.45) is 6.06. The van der Waals surface area contributed by atoms with E-state index in [1.165, 1.54) is 25.7 Å². The normalized spacial score (nSPS) is 28.8. The Morgan fingerprint density at radius 2 is 1.79 bits per heavy atom. The van der Waals surface area contributed by atoms with E-state index >= 15 is 0 Å². The molecule has 0 N–H and O–H groups in total. The molecule has 0 unspecified atom stereocenters. The number of carbonyl (C=O) groups is 2. The van der Waals surface area contributed by atoms with Gasteiger partial charge in [-0.1, -0.05) is 6.92 Å². The molecule has 4 nitrogen and oxygen atoms in total. The molecule has 0 bridgehead atoms. The molecule has 0 aromatic carbocycles. The first-order chi connectivity index (χ1) is 9.06. The van der Waals surface area contributed by atoms with E-state index in [2.05, 4.69) is 18.9 Å². The third-order valence-corrected chi connectivity index (χ3v) is 4.67. The number of likely N-dealkylation sites (N-methyl/N-ethyl adjacent to an activating group) is 1. The molecule has 1 aliphatic heterocycles. The van der Waals surface area contributed by atoms with Crippen molar-refractivity contribution in [1.82, 2.24) is 9.80 Å². The predicted octanol–water partition coefficient (Wildman–Crippen LogP) is 1.69. The van der Waals surface area contributed by atoms with E-state index in [0.717, 1.165) is 5.92 Å². The molecule has 0 radical (unpaired) electrons. The number of hydrogen-bond donors (Lipinski definition) is 0. The Balaban J connectivity index is 1.76. The average Bonchev–Trinajstić information content (AvgIpc) is 2.40. The number of carbonyl (C=O) groups excluding carboxylic acids is 2. The van der Waals surface area contributed by atoms with Gasteiger partial charge in [-0.25, -0.2) is 0 Å². The van der Waals surface area contributed by atoms with Crippen LogP contribution < -0.4 is 0 Å². The molecule has 0 atom stereocenters. The van der Waals surface area contributed by atoms with E-state index in [1.54, 1.807) is 0 Å². The molecule has 1 amide bonds. The number of amides is 1. The lowest BCUT2D eigenvalue weighted by Gasteiger charge is -2.35. The van der Waals surface area contributed by atoms with Gasteiger partial charge in [0.25, 0.3) is 0 Å². The Morgan fingerprint density at radius 1 is 1.21 bits per heavy atom. The van der Waals surface area contributed by atoms with Gasteiger partial charge in [0.05, 0.1) is 6.54 Å². The number of rotatable bonds is 3.